The molecule has 2 rings (SSSR count). The van der Waals surface area contributed by atoms with Crippen LogP contribution in [-0.2, 0) is 15.8 Å². The molecule has 0 unspecified atom stereocenters. The van der Waals surface area contributed by atoms with E-state index in [4.69, 9.17) is 0 Å². The Kier molecular flexibility index (Phi) is 6.45. The third kappa shape index (κ3) is 5.76. The van der Waals surface area contributed by atoms with Gasteiger partial charge in [0, 0.05) is 5.92 Å². The molecule has 25 heavy (non-hydrogen) atoms. The van der Waals surface area contributed by atoms with Gasteiger partial charge in [0.2, 0.25) is 11.8 Å². The van der Waals surface area contributed by atoms with E-state index in [-0.39, 0.29) is 18.4 Å². The van der Waals surface area contributed by atoms with E-state index in [0.29, 0.717) is 5.56 Å². The van der Waals surface area contributed by atoms with Crippen LogP contribution in [0, 0.1) is 5.92 Å². The number of nitrogens with one attached hydrogen (secondary N) is 2. The average Bonchev–Trinajstić information content (AvgIpc) is 2.59. The molecule has 138 valence electrons. The highest BCUT2D eigenvalue weighted by Gasteiger charge is 2.30. The predicted octanol–water partition coefficient (Wildman–Crippen LogP) is 3.58. The first kappa shape index (κ1) is 19.3. The third-order valence-corrected chi connectivity index (χ3v) is 4.49. The number of hydrogen-bond donors (Lipinski definition) is 2. The predicted molar refractivity (Wildman–Crippen MR) is 87.6 cm³/mol. The summed E-state index contributed by atoms with van der Waals surface area (Å²) in [7, 11) is 0. The van der Waals surface area contributed by atoms with Gasteiger partial charge in [-0.25, -0.2) is 0 Å². The van der Waals surface area contributed by atoms with Gasteiger partial charge in [0.05, 0.1) is 18.2 Å². The van der Waals surface area contributed by atoms with E-state index in [1.54, 1.807) is 6.92 Å². The number of halogens is 3. The van der Waals surface area contributed by atoms with Crippen molar-refractivity contribution < 1.29 is 22.8 Å². The first-order valence-corrected chi connectivity index (χ1v) is 8.51. The number of rotatable bonds is 5. The highest BCUT2D eigenvalue weighted by Crippen LogP contribution is 2.30. The lowest BCUT2D eigenvalue weighted by Crippen LogP contribution is -2.40. The zero-order chi connectivity index (χ0) is 18.4. The number of carbonyl (C=O) groups is 2. The normalized spacial score (nSPS) is 17.0. The van der Waals surface area contributed by atoms with E-state index in [2.05, 4.69) is 10.6 Å². The highest BCUT2D eigenvalue weighted by atomic mass is 19.4. The van der Waals surface area contributed by atoms with Gasteiger partial charge in [0.15, 0.2) is 0 Å². The van der Waals surface area contributed by atoms with Crippen molar-refractivity contribution in [2.75, 3.05) is 6.54 Å². The van der Waals surface area contributed by atoms with Crippen LogP contribution in [0.1, 0.15) is 56.2 Å². The molecule has 0 saturated heterocycles. The van der Waals surface area contributed by atoms with E-state index in [9.17, 15) is 22.8 Å². The smallest absolute Gasteiger partial charge is 0.348 e. The molecule has 0 aliphatic heterocycles. The van der Waals surface area contributed by atoms with Gasteiger partial charge in [0.1, 0.15) is 0 Å². The van der Waals surface area contributed by atoms with Crippen molar-refractivity contribution in [3.8, 4) is 0 Å². The molecular formula is C18H23F3N2O2. The summed E-state index contributed by atoms with van der Waals surface area (Å²) < 4.78 is 38.2. The minimum absolute atomic E-state index is 0.0394. The SMILES string of the molecule is C[C@H](NC(=O)CNC(=O)C1CCCCC1)c1cccc(C(F)(F)F)c1. The minimum Gasteiger partial charge on any atom is -0.348 e. The van der Waals surface area contributed by atoms with Crippen LogP contribution in [0.5, 0.6) is 0 Å². The van der Waals surface area contributed by atoms with Crippen molar-refractivity contribution in [1.29, 1.82) is 0 Å². The summed E-state index contributed by atoms with van der Waals surface area (Å²) in [5.41, 5.74) is -0.390. The van der Waals surface area contributed by atoms with E-state index >= 15 is 0 Å². The molecule has 1 fully saturated rings. The Morgan fingerprint density at radius 3 is 2.52 bits per heavy atom. The molecule has 1 aliphatic carbocycles. The topological polar surface area (TPSA) is 58.2 Å². The fourth-order valence-corrected chi connectivity index (χ4v) is 3.04. The monoisotopic (exact) mass is 356 g/mol. The lowest BCUT2D eigenvalue weighted by atomic mass is 9.89. The van der Waals surface area contributed by atoms with Gasteiger partial charge in [0.25, 0.3) is 0 Å². The van der Waals surface area contributed by atoms with Crippen LogP contribution in [0.15, 0.2) is 24.3 Å². The zero-order valence-corrected chi connectivity index (χ0v) is 14.2. The number of amides is 2. The maximum absolute atomic E-state index is 12.7. The van der Waals surface area contributed by atoms with Gasteiger partial charge in [-0.15, -0.1) is 0 Å². The fourth-order valence-electron chi connectivity index (χ4n) is 3.04. The van der Waals surface area contributed by atoms with E-state index in [1.807, 2.05) is 0 Å². The number of benzene rings is 1. The summed E-state index contributed by atoms with van der Waals surface area (Å²) >= 11 is 0. The molecule has 1 saturated carbocycles. The Hall–Kier alpha value is -2.05. The Balaban J connectivity index is 1.84. The van der Waals surface area contributed by atoms with Gasteiger partial charge in [-0.1, -0.05) is 31.4 Å². The number of carbonyl (C=O) groups excluding carboxylic acids is 2. The molecule has 0 spiro atoms. The molecule has 1 aliphatic rings. The second-order valence-electron chi connectivity index (χ2n) is 6.47. The molecule has 2 amide bonds. The van der Waals surface area contributed by atoms with Gasteiger partial charge >= 0.3 is 6.18 Å². The molecule has 2 N–H and O–H groups in total. The van der Waals surface area contributed by atoms with Crippen LogP contribution in [0.25, 0.3) is 0 Å². The first-order chi connectivity index (χ1) is 11.8. The van der Waals surface area contributed by atoms with E-state index in [1.165, 1.54) is 12.1 Å². The first-order valence-electron chi connectivity index (χ1n) is 8.51. The van der Waals surface area contributed by atoms with Crippen LogP contribution >= 0.6 is 0 Å². The molecule has 0 radical (unpaired) electrons. The van der Waals surface area contributed by atoms with Crippen LogP contribution in [0.2, 0.25) is 0 Å². The second kappa shape index (κ2) is 8.36. The summed E-state index contributed by atoms with van der Waals surface area (Å²) in [5.74, 6) is -0.585. The summed E-state index contributed by atoms with van der Waals surface area (Å²) in [6, 6.07) is 4.27. The molecule has 0 heterocycles. The molecular weight excluding hydrogens is 333 g/mol. The van der Waals surface area contributed by atoms with Crippen molar-refractivity contribution in [2.45, 2.75) is 51.2 Å². The lowest BCUT2D eigenvalue weighted by Gasteiger charge is -2.21. The molecule has 1 aromatic rings. The molecule has 0 aromatic heterocycles. The van der Waals surface area contributed by atoms with Crippen molar-refractivity contribution in [3.63, 3.8) is 0 Å². The van der Waals surface area contributed by atoms with Crippen molar-refractivity contribution in [2.24, 2.45) is 5.92 Å². The summed E-state index contributed by atoms with van der Waals surface area (Å²) in [5, 5.41) is 5.23. The average molecular weight is 356 g/mol. The van der Waals surface area contributed by atoms with Crippen LogP contribution in [0.3, 0.4) is 0 Å². The minimum atomic E-state index is -4.42. The Morgan fingerprint density at radius 2 is 1.88 bits per heavy atom. The van der Waals surface area contributed by atoms with Crippen LogP contribution in [0.4, 0.5) is 13.2 Å². The van der Waals surface area contributed by atoms with Crippen LogP contribution < -0.4 is 10.6 Å². The highest BCUT2D eigenvalue weighted by molar-refractivity contribution is 5.86. The Bertz CT molecular complexity index is 611. The van der Waals surface area contributed by atoms with Gasteiger partial charge in [-0.2, -0.15) is 13.2 Å². The summed E-state index contributed by atoms with van der Waals surface area (Å²) in [4.78, 5) is 23.9. The quantitative estimate of drug-likeness (QED) is 0.847. The standard InChI is InChI=1S/C18H23F3N2O2/c1-12(14-8-5-9-15(10-14)18(19,20)21)23-16(24)11-22-17(25)13-6-3-2-4-7-13/h5,8-10,12-13H,2-4,6-7,11H2,1H3,(H,22,25)(H,23,24)/t12-/m0/s1. The van der Waals surface area contributed by atoms with Crippen molar-refractivity contribution in [1.82, 2.24) is 10.6 Å². The second-order valence-corrected chi connectivity index (χ2v) is 6.47. The zero-order valence-electron chi connectivity index (χ0n) is 14.2. The summed E-state index contributed by atoms with van der Waals surface area (Å²) in [6.07, 6.45) is 0.447. The lowest BCUT2D eigenvalue weighted by molar-refractivity contribution is -0.137. The fraction of sp³-hybridized carbons (Fsp3) is 0.556. The van der Waals surface area contributed by atoms with Crippen molar-refractivity contribution >= 4 is 11.8 Å². The maximum Gasteiger partial charge on any atom is 0.416 e. The van der Waals surface area contributed by atoms with Gasteiger partial charge in [-0.3, -0.25) is 9.59 Å². The van der Waals surface area contributed by atoms with Crippen molar-refractivity contribution in [3.05, 3.63) is 35.4 Å². The van der Waals surface area contributed by atoms with Gasteiger partial charge in [-0.05, 0) is 37.5 Å². The largest absolute Gasteiger partial charge is 0.416 e. The molecule has 1 aromatic carbocycles. The Morgan fingerprint density at radius 1 is 1.20 bits per heavy atom. The maximum atomic E-state index is 12.7. The molecule has 4 nitrogen and oxygen atoms in total. The van der Waals surface area contributed by atoms with E-state index < -0.39 is 23.7 Å². The molecule has 1 atom stereocenters. The van der Waals surface area contributed by atoms with Crippen LogP contribution in [-0.4, -0.2) is 18.4 Å². The molecule has 0 bridgehead atoms. The summed E-state index contributed by atoms with van der Waals surface area (Å²) in [6.45, 7) is 1.44. The van der Waals surface area contributed by atoms with E-state index in [0.717, 1.165) is 44.2 Å². The van der Waals surface area contributed by atoms with Gasteiger partial charge < -0.3 is 10.6 Å². The molecule has 7 heteroatoms. The third-order valence-electron chi connectivity index (χ3n) is 4.49. The number of hydrogen-bond acceptors (Lipinski definition) is 2. The Labute approximate surface area is 145 Å². The number of alkyl halides is 3.